The van der Waals surface area contributed by atoms with Crippen molar-refractivity contribution >= 4 is 11.6 Å². The van der Waals surface area contributed by atoms with Crippen molar-refractivity contribution in [3.63, 3.8) is 0 Å². The standard InChI is InChI=1S/C15H17ClN2O/c1-11(2)15(19,7-12-8-17-10-18-9-12)13-3-5-14(16)6-4-13/h3-6,8-11,19H,7H2,1-2H3. The number of hydrogen-bond acceptors (Lipinski definition) is 3. The van der Waals surface area contributed by atoms with Gasteiger partial charge in [0.25, 0.3) is 0 Å². The fourth-order valence-corrected chi connectivity index (χ4v) is 2.24. The van der Waals surface area contributed by atoms with E-state index in [-0.39, 0.29) is 5.92 Å². The average Bonchev–Trinajstić information content (AvgIpc) is 2.40. The van der Waals surface area contributed by atoms with Gasteiger partial charge < -0.3 is 5.11 Å². The summed E-state index contributed by atoms with van der Waals surface area (Å²) in [7, 11) is 0. The van der Waals surface area contributed by atoms with Crippen molar-refractivity contribution in [2.24, 2.45) is 5.92 Å². The Labute approximate surface area is 118 Å². The van der Waals surface area contributed by atoms with Gasteiger partial charge in [-0.3, -0.25) is 0 Å². The Morgan fingerprint density at radius 2 is 1.74 bits per heavy atom. The normalized spacial score (nSPS) is 14.4. The van der Waals surface area contributed by atoms with Crippen LogP contribution in [0.25, 0.3) is 0 Å². The number of aromatic nitrogens is 2. The van der Waals surface area contributed by atoms with E-state index in [1.165, 1.54) is 6.33 Å². The lowest BCUT2D eigenvalue weighted by Crippen LogP contribution is -2.34. The second-order valence-corrected chi connectivity index (χ2v) is 5.45. The lowest BCUT2D eigenvalue weighted by molar-refractivity contribution is -0.0101. The summed E-state index contributed by atoms with van der Waals surface area (Å²) >= 11 is 5.90. The molecule has 4 heteroatoms. The third kappa shape index (κ3) is 3.11. The molecular weight excluding hydrogens is 260 g/mol. The van der Waals surface area contributed by atoms with Crippen molar-refractivity contribution in [2.75, 3.05) is 0 Å². The van der Waals surface area contributed by atoms with Gasteiger partial charge in [-0.25, -0.2) is 9.97 Å². The quantitative estimate of drug-likeness (QED) is 0.933. The van der Waals surface area contributed by atoms with Gasteiger partial charge in [0, 0.05) is 23.8 Å². The molecule has 1 atom stereocenters. The van der Waals surface area contributed by atoms with Crippen molar-refractivity contribution < 1.29 is 5.11 Å². The van der Waals surface area contributed by atoms with Crippen LogP contribution in [-0.4, -0.2) is 15.1 Å². The van der Waals surface area contributed by atoms with Gasteiger partial charge in [-0.1, -0.05) is 37.6 Å². The lowest BCUT2D eigenvalue weighted by atomic mass is 9.79. The Morgan fingerprint density at radius 1 is 1.16 bits per heavy atom. The van der Waals surface area contributed by atoms with Crippen LogP contribution in [0.2, 0.25) is 5.02 Å². The molecule has 0 aliphatic rings. The Kier molecular flexibility index (Phi) is 4.17. The van der Waals surface area contributed by atoms with Crippen LogP contribution in [0.15, 0.2) is 43.0 Å². The molecular formula is C15H17ClN2O. The van der Waals surface area contributed by atoms with Crippen LogP contribution in [-0.2, 0) is 12.0 Å². The third-order valence-electron chi connectivity index (χ3n) is 3.39. The van der Waals surface area contributed by atoms with Gasteiger partial charge in [0.05, 0.1) is 5.60 Å². The molecule has 0 saturated carbocycles. The Hall–Kier alpha value is -1.45. The minimum absolute atomic E-state index is 0.0638. The molecule has 0 bridgehead atoms. The average molecular weight is 277 g/mol. The highest BCUT2D eigenvalue weighted by Crippen LogP contribution is 2.33. The fourth-order valence-electron chi connectivity index (χ4n) is 2.11. The van der Waals surface area contributed by atoms with Gasteiger partial charge in [-0.05, 0) is 29.2 Å². The molecule has 100 valence electrons. The van der Waals surface area contributed by atoms with Crippen LogP contribution in [0.5, 0.6) is 0 Å². The van der Waals surface area contributed by atoms with E-state index in [2.05, 4.69) is 9.97 Å². The van der Waals surface area contributed by atoms with Gasteiger partial charge in [0.1, 0.15) is 6.33 Å². The molecule has 0 aliphatic heterocycles. The molecule has 2 rings (SSSR count). The first-order valence-corrected chi connectivity index (χ1v) is 6.62. The highest BCUT2D eigenvalue weighted by Gasteiger charge is 2.33. The summed E-state index contributed by atoms with van der Waals surface area (Å²) in [6, 6.07) is 7.33. The summed E-state index contributed by atoms with van der Waals surface area (Å²) in [5, 5.41) is 11.7. The number of benzene rings is 1. The summed E-state index contributed by atoms with van der Waals surface area (Å²) in [5.41, 5.74) is 0.819. The molecule has 2 aromatic rings. The first-order chi connectivity index (χ1) is 9.02. The van der Waals surface area contributed by atoms with Crippen molar-refractivity contribution in [1.29, 1.82) is 0 Å². The first-order valence-electron chi connectivity index (χ1n) is 6.24. The van der Waals surface area contributed by atoms with E-state index >= 15 is 0 Å². The molecule has 1 unspecified atom stereocenters. The lowest BCUT2D eigenvalue weighted by Gasteiger charge is -2.33. The van der Waals surface area contributed by atoms with E-state index in [1.54, 1.807) is 24.5 Å². The molecule has 1 heterocycles. The molecule has 0 radical (unpaired) electrons. The van der Waals surface area contributed by atoms with Crippen LogP contribution in [0.3, 0.4) is 0 Å². The third-order valence-corrected chi connectivity index (χ3v) is 3.64. The van der Waals surface area contributed by atoms with Gasteiger partial charge in [0.2, 0.25) is 0 Å². The summed E-state index contributed by atoms with van der Waals surface area (Å²) < 4.78 is 0. The van der Waals surface area contributed by atoms with E-state index in [9.17, 15) is 5.11 Å². The van der Waals surface area contributed by atoms with Crippen LogP contribution in [0.4, 0.5) is 0 Å². The Balaban J connectivity index is 2.35. The largest absolute Gasteiger partial charge is 0.385 e. The van der Waals surface area contributed by atoms with Crippen molar-refractivity contribution in [1.82, 2.24) is 9.97 Å². The smallest absolute Gasteiger partial charge is 0.115 e. The van der Waals surface area contributed by atoms with E-state index < -0.39 is 5.60 Å². The number of rotatable bonds is 4. The van der Waals surface area contributed by atoms with Crippen LogP contribution < -0.4 is 0 Å². The minimum Gasteiger partial charge on any atom is -0.385 e. The van der Waals surface area contributed by atoms with E-state index in [0.717, 1.165) is 11.1 Å². The summed E-state index contributed by atoms with van der Waals surface area (Å²) in [6.07, 6.45) is 5.43. The maximum Gasteiger partial charge on any atom is 0.115 e. The topological polar surface area (TPSA) is 46.0 Å². The molecule has 1 aromatic carbocycles. The summed E-state index contributed by atoms with van der Waals surface area (Å²) in [6.45, 7) is 4.00. The molecule has 3 nitrogen and oxygen atoms in total. The minimum atomic E-state index is -0.949. The second kappa shape index (κ2) is 5.68. The predicted molar refractivity (Wildman–Crippen MR) is 75.9 cm³/mol. The van der Waals surface area contributed by atoms with Gasteiger partial charge in [0.15, 0.2) is 0 Å². The highest BCUT2D eigenvalue weighted by atomic mass is 35.5. The molecule has 19 heavy (non-hydrogen) atoms. The maximum atomic E-state index is 11.0. The molecule has 0 fully saturated rings. The predicted octanol–water partition coefficient (Wildman–Crippen LogP) is 3.22. The summed E-state index contributed by atoms with van der Waals surface area (Å²) in [4.78, 5) is 7.99. The van der Waals surface area contributed by atoms with Gasteiger partial charge in [-0.2, -0.15) is 0 Å². The highest BCUT2D eigenvalue weighted by molar-refractivity contribution is 6.30. The molecule has 1 aromatic heterocycles. The molecule has 0 amide bonds. The zero-order valence-electron chi connectivity index (χ0n) is 11.0. The maximum absolute atomic E-state index is 11.0. The van der Waals surface area contributed by atoms with E-state index in [0.29, 0.717) is 11.4 Å². The fraction of sp³-hybridized carbons (Fsp3) is 0.333. The number of nitrogens with zero attached hydrogens (tertiary/aromatic N) is 2. The monoisotopic (exact) mass is 276 g/mol. The van der Waals surface area contributed by atoms with Crippen LogP contribution in [0.1, 0.15) is 25.0 Å². The molecule has 1 N–H and O–H groups in total. The SMILES string of the molecule is CC(C)C(O)(Cc1cncnc1)c1ccc(Cl)cc1. The van der Waals surface area contributed by atoms with Crippen molar-refractivity contribution in [3.8, 4) is 0 Å². The van der Waals surface area contributed by atoms with Crippen LogP contribution >= 0.6 is 11.6 Å². The molecule has 0 aliphatic carbocycles. The second-order valence-electron chi connectivity index (χ2n) is 5.01. The van der Waals surface area contributed by atoms with Crippen LogP contribution in [0, 0.1) is 5.92 Å². The van der Waals surface area contributed by atoms with E-state index in [1.807, 2.05) is 26.0 Å². The van der Waals surface area contributed by atoms with Gasteiger partial charge >= 0.3 is 0 Å². The van der Waals surface area contributed by atoms with Crippen molar-refractivity contribution in [3.05, 3.63) is 59.1 Å². The Bertz CT molecular complexity index is 528. The molecule has 0 saturated heterocycles. The number of aliphatic hydroxyl groups is 1. The zero-order valence-corrected chi connectivity index (χ0v) is 11.8. The first kappa shape index (κ1) is 14.0. The molecule has 0 spiro atoms. The van der Waals surface area contributed by atoms with E-state index in [4.69, 9.17) is 11.6 Å². The number of halogens is 1. The van der Waals surface area contributed by atoms with Gasteiger partial charge in [-0.15, -0.1) is 0 Å². The summed E-state index contributed by atoms with van der Waals surface area (Å²) in [5.74, 6) is 0.0638. The number of hydrogen-bond donors (Lipinski definition) is 1. The zero-order chi connectivity index (χ0) is 13.9. The van der Waals surface area contributed by atoms with Crippen molar-refractivity contribution in [2.45, 2.75) is 25.9 Å². The Morgan fingerprint density at radius 3 is 2.26 bits per heavy atom.